The number of carboxylic acid groups (broad SMARTS) is 1. The summed E-state index contributed by atoms with van der Waals surface area (Å²) in [6.07, 6.45) is 0. The number of benzene rings is 1. The van der Waals surface area contributed by atoms with Gasteiger partial charge in [-0.05, 0) is 42.3 Å². The average molecular weight is 308 g/mol. The molecule has 0 saturated carbocycles. The number of hydrogen-bond acceptors (Lipinski definition) is 3. The van der Waals surface area contributed by atoms with Gasteiger partial charge in [0.25, 0.3) is 0 Å². The summed E-state index contributed by atoms with van der Waals surface area (Å²) in [7, 11) is 0. The first kappa shape index (κ1) is 14.9. The van der Waals surface area contributed by atoms with Gasteiger partial charge in [0.2, 0.25) is 0 Å². The van der Waals surface area contributed by atoms with Crippen LogP contribution in [0.2, 0.25) is 5.02 Å². The molecule has 3 nitrogen and oxygen atoms in total. The van der Waals surface area contributed by atoms with Crippen LogP contribution < -0.4 is 0 Å². The normalized spacial score (nSPS) is 10.8. The van der Waals surface area contributed by atoms with Gasteiger partial charge >= 0.3 is 5.97 Å². The van der Waals surface area contributed by atoms with Gasteiger partial charge in [-0.15, -0.1) is 0 Å². The van der Waals surface area contributed by atoms with Gasteiger partial charge < -0.3 is 5.11 Å². The lowest BCUT2D eigenvalue weighted by atomic mass is 10.1. The van der Waals surface area contributed by atoms with Gasteiger partial charge in [0, 0.05) is 15.6 Å². The summed E-state index contributed by atoms with van der Waals surface area (Å²) >= 11 is 7.27. The van der Waals surface area contributed by atoms with E-state index in [9.17, 15) is 4.79 Å². The van der Waals surface area contributed by atoms with Crippen molar-refractivity contribution in [2.24, 2.45) is 0 Å². The molecule has 1 heterocycles. The topological polar surface area (TPSA) is 50.2 Å². The van der Waals surface area contributed by atoms with Gasteiger partial charge in [0.05, 0.1) is 5.56 Å². The van der Waals surface area contributed by atoms with Gasteiger partial charge in [0.15, 0.2) is 0 Å². The number of aromatic carboxylic acids is 1. The summed E-state index contributed by atoms with van der Waals surface area (Å²) in [6, 6.07) is 10.6. The molecule has 104 valence electrons. The molecule has 1 N–H and O–H groups in total. The van der Waals surface area contributed by atoms with Crippen molar-refractivity contribution < 1.29 is 9.90 Å². The first-order valence-corrected chi connectivity index (χ1v) is 7.34. The van der Waals surface area contributed by atoms with Crippen LogP contribution in [-0.4, -0.2) is 16.1 Å². The standard InChI is InChI=1S/C15H14ClNO2S/c1-9(2)13-7-10(15(18)19)8-14(17-13)20-12-5-3-11(16)4-6-12/h3-9H,1-2H3,(H,18,19). The third-order valence-corrected chi connectivity index (χ3v) is 3.87. The number of hydrogen-bond donors (Lipinski definition) is 1. The van der Waals surface area contributed by atoms with Crippen LogP contribution in [0.15, 0.2) is 46.3 Å². The maximum atomic E-state index is 11.2. The molecule has 0 aliphatic carbocycles. The maximum Gasteiger partial charge on any atom is 0.335 e. The molecule has 1 aromatic carbocycles. The van der Waals surface area contributed by atoms with E-state index in [1.807, 2.05) is 26.0 Å². The summed E-state index contributed by atoms with van der Waals surface area (Å²) in [5.74, 6) is -0.758. The molecule has 0 aliphatic rings. The Morgan fingerprint density at radius 1 is 1.25 bits per heavy atom. The van der Waals surface area contributed by atoms with Gasteiger partial charge in [-0.25, -0.2) is 9.78 Å². The first-order valence-electron chi connectivity index (χ1n) is 6.14. The lowest BCUT2D eigenvalue weighted by Crippen LogP contribution is -2.02. The van der Waals surface area contributed by atoms with E-state index >= 15 is 0 Å². The molecule has 0 saturated heterocycles. The predicted molar refractivity (Wildman–Crippen MR) is 80.9 cm³/mol. The molecule has 5 heteroatoms. The van der Waals surface area contributed by atoms with E-state index in [0.717, 1.165) is 10.6 Å². The molecular weight excluding hydrogens is 294 g/mol. The Morgan fingerprint density at radius 2 is 1.90 bits per heavy atom. The molecule has 0 bridgehead atoms. The lowest BCUT2D eigenvalue weighted by Gasteiger charge is -2.09. The van der Waals surface area contributed by atoms with Crippen LogP contribution in [0.1, 0.15) is 35.8 Å². The van der Waals surface area contributed by atoms with Crippen molar-refractivity contribution in [2.45, 2.75) is 29.7 Å². The molecule has 0 spiro atoms. The number of carbonyl (C=O) groups is 1. The Kier molecular flexibility index (Phi) is 4.68. The van der Waals surface area contributed by atoms with Gasteiger partial charge in [-0.3, -0.25) is 0 Å². The van der Waals surface area contributed by atoms with Crippen molar-refractivity contribution in [3.05, 3.63) is 52.7 Å². The van der Waals surface area contributed by atoms with Gasteiger partial charge in [0.1, 0.15) is 5.03 Å². The fourth-order valence-electron chi connectivity index (χ4n) is 1.62. The Hall–Kier alpha value is -1.52. The van der Waals surface area contributed by atoms with Gasteiger partial charge in [-0.2, -0.15) is 0 Å². The lowest BCUT2D eigenvalue weighted by molar-refractivity contribution is 0.0696. The van der Waals surface area contributed by atoms with E-state index in [4.69, 9.17) is 16.7 Å². The summed E-state index contributed by atoms with van der Waals surface area (Å²) in [5, 5.41) is 10.5. The van der Waals surface area contributed by atoms with Crippen LogP contribution in [0.25, 0.3) is 0 Å². The quantitative estimate of drug-likeness (QED) is 0.889. The number of rotatable bonds is 4. The third-order valence-electron chi connectivity index (χ3n) is 2.70. The number of nitrogens with zero attached hydrogens (tertiary/aromatic N) is 1. The van der Waals surface area contributed by atoms with E-state index in [2.05, 4.69) is 4.98 Å². The second-order valence-electron chi connectivity index (χ2n) is 4.63. The molecule has 0 aliphatic heterocycles. The zero-order valence-corrected chi connectivity index (χ0v) is 12.7. The Morgan fingerprint density at radius 3 is 2.45 bits per heavy atom. The molecule has 0 unspecified atom stereocenters. The highest BCUT2D eigenvalue weighted by Gasteiger charge is 2.11. The predicted octanol–water partition coefficient (Wildman–Crippen LogP) is 4.71. The van der Waals surface area contributed by atoms with Crippen LogP contribution in [0.5, 0.6) is 0 Å². The Bertz CT molecular complexity index is 626. The SMILES string of the molecule is CC(C)c1cc(C(=O)O)cc(Sc2ccc(Cl)cc2)n1. The average Bonchev–Trinajstić information content (AvgIpc) is 2.41. The third kappa shape index (κ3) is 3.74. The molecule has 2 rings (SSSR count). The van der Waals surface area contributed by atoms with Gasteiger partial charge in [-0.1, -0.05) is 37.2 Å². The fourth-order valence-corrected chi connectivity index (χ4v) is 2.60. The molecule has 2 aromatic rings. The van der Waals surface area contributed by atoms with Crippen molar-refractivity contribution >= 4 is 29.3 Å². The Balaban J connectivity index is 2.35. The van der Waals surface area contributed by atoms with Crippen LogP contribution in [0.3, 0.4) is 0 Å². The Labute approximate surface area is 127 Å². The van der Waals surface area contributed by atoms with Crippen LogP contribution >= 0.6 is 23.4 Å². The molecule has 20 heavy (non-hydrogen) atoms. The maximum absolute atomic E-state index is 11.2. The van der Waals surface area contributed by atoms with Crippen molar-refractivity contribution in [3.63, 3.8) is 0 Å². The van der Waals surface area contributed by atoms with E-state index in [1.54, 1.807) is 24.3 Å². The summed E-state index contributed by atoms with van der Waals surface area (Å²) < 4.78 is 0. The zero-order chi connectivity index (χ0) is 14.7. The largest absolute Gasteiger partial charge is 0.478 e. The highest BCUT2D eigenvalue weighted by molar-refractivity contribution is 7.99. The molecule has 0 fully saturated rings. The van der Waals surface area contributed by atoms with Crippen molar-refractivity contribution in [1.82, 2.24) is 4.98 Å². The van der Waals surface area contributed by atoms with Crippen LogP contribution in [-0.2, 0) is 0 Å². The van der Waals surface area contributed by atoms with Crippen molar-refractivity contribution in [3.8, 4) is 0 Å². The second-order valence-corrected chi connectivity index (χ2v) is 6.16. The fraction of sp³-hybridized carbons (Fsp3) is 0.200. The summed E-state index contributed by atoms with van der Waals surface area (Å²) in [5.41, 5.74) is 1.04. The highest BCUT2D eigenvalue weighted by Crippen LogP contribution is 2.29. The summed E-state index contributed by atoms with van der Waals surface area (Å²) in [6.45, 7) is 3.98. The van der Waals surface area contributed by atoms with Crippen LogP contribution in [0.4, 0.5) is 0 Å². The van der Waals surface area contributed by atoms with E-state index in [-0.39, 0.29) is 11.5 Å². The molecule has 0 radical (unpaired) electrons. The van der Waals surface area contributed by atoms with Crippen molar-refractivity contribution in [1.29, 1.82) is 0 Å². The monoisotopic (exact) mass is 307 g/mol. The smallest absolute Gasteiger partial charge is 0.335 e. The minimum Gasteiger partial charge on any atom is -0.478 e. The number of halogens is 1. The van der Waals surface area contributed by atoms with E-state index in [1.165, 1.54) is 11.8 Å². The van der Waals surface area contributed by atoms with Crippen LogP contribution in [0, 0.1) is 0 Å². The molecular formula is C15H14ClNO2S. The minimum atomic E-state index is -0.938. The summed E-state index contributed by atoms with van der Waals surface area (Å²) in [4.78, 5) is 16.6. The minimum absolute atomic E-state index is 0.180. The van der Waals surface area contributed by atoms with Crippen molar-refractivity contribution in [2.75, 3.05) is 0 Å². The second kappa shape index (κ2) is 6.29. The molecule has 1 aromatic heterocycles. The zero-order valence-electron chi connectivity index (χ0n) is 11.1. The molecule has 0 atom stereocenters. The number of aromatic nitrogens is 1. The number of carboxylic acids is 1. The first-order chi connectivity index (χ1) is 9.45. The van der Waals surface area contributed by atoms with E-state index in [0.29, 0.717) is 10.0 Å². The van der Waals surface area contributed by atoms with E-state index < -0.39 is 5.97 Å². The number of pyridine rings is 1. The molecule has 0 amide bonds. The highest BCUT2D eigenvalue weighted by atomic mass is 35.5.